The normalized spacial score (nSPS) is 32.7. The number of unbranched alkanes of at least 4 members (excludes halogenated alkanes) is 1. The van der Waals surface area contributed by atoms with Gasteiger partial charge in [-0.3, -0.25) is 24.1 Å². The highest BCUT2D eigenvalue weighted by Crippen LogP contribution is 2.65. The van der Waals surface area contributed by atoms with E-state index in [-0.39, 0.29) is 72.3 Å². The molecule has 0 radical (unpaired) electrons. The zero-order valence-electron chi connectivity index (χ0n) is 37.6. The Morgan fingerprint density at radius 1 is 0.922 bits per heavy atom. The Kier molecular flexibility index (Phi) is 13.4. The molecule has 4 N–H and O–H groups in total. The van der Waals surface area contributed by atoms with E-state index in [0.717, 1.165) is 57.9 Å². The number of allylic oxidation sites excluding steroid dienone is 2. The fraction of sp³-hybridized carbons (Fsp3) is 0.608. The maximum absolute atomic E-state index is 13.9. The minimum Gasteiger partial charge on any atom is -0.393 e. The molecule has 10 nitrogen and oxygen atoms in total. The zero-order valence-corrected chi connectivity index (χ0v) is 37.6. The molecular formula is C51H65F3N4O6. The van der Waals surface area contributed by atoms with Gasteiger partial charge in [0, 0.05) is 54.8 Å². The van der Waals surface area contributed by atoms with Gasteiger partial charge in [-0.05, 0) is 124 Å². The van der Waals surface area contributed by atoms with E-state index in [2.05, 4.69) is 49.3 Å². The number of aliphatic hydroxyl groups is 1. The third-order valence-electron chi connectivity index (χ3n) is 16.3. The van der Waals surface area contributed by atoms with Crippen LogP contribution >= 0.6 is 0 Å². The Labute approximate surface area is 375 Å². The zero-order chi connectivity index (χ0) is 45.6. The lowest BCUT2D eigenvalue weighted by atomic mass is 9.56. The highest BCUT2D eigenvalue weighted by molar-refractivity contribution is 6.09. The van der Waals surface area contributed by atoms with E-state index in [4.69, 9.17) is 4.74 Å². The summed E-state index contributed by atoms with van der Waals surface area (Å²) in [5, 5.41) is 18.3. The maximum Gasteiger partial charge on any atom is 0.471 e. The molecule has 6 aliphatic rings. The van der Waals surface area contributed by atoms with Gasteiger partial charge in [-0.25, -0.2) is 0 Å². The molecule has 2 aromatic rings. The average molecular weight is 887 g/mol. The Morgan fingerprint density at radius 3 is 2.38 bits per heavy atom. The minimum atomic E-state index is -4.99. The quantitative estimate of drug-likeness (QED) is 0.0920. The summed E-state index contributed by atoms with van der Waals surface area (Å²) in [6.45, 7) is 11.0. The number of ketones is 1. The Balaban J connectivity index is 0.919. The Morgan fingerprint density at radius 2 is 1.64 bits per heavy atom. The van der Waals surface area contributed by atoms with Crippen molar-refractivity contribution < 1.29 is 42.2 Å². The highest BCUT2D eigenvalue weighted by atomic mass is 19.4. The Bertz CT molecular complexity index is 2140. The summed E-state index contributed by atoms with van der Waals surface area (Å²) in [7, 11) is 0. The first kappa shape index (κ1) is 46.2. The average Bonchev–Trinajstić information content (AvgIpc) is 3.80. The number of hydrogen-bond donors (Lipinski definition) is 4. The van der Waals surface area contributed by atoms with Crippen LogP contribution in [0.4, 0.5) is 13.2 Å². The van der Waals surface area contributed by atoms with Gasteiger partial charge in [0.15, 0.2) is 5.78 Å². The molecule has 3 amide bonds. The second-order valence-corrected chi connectivity index (χ2v) is 20.0. The first-order chi connectivity index (χ1) is 30.5. The lowest BCUT2D eigenvalue weighted by Crippen LogP contribution is -2.55. The fourth-order valence-corrected chi connectivity index (χ4v) is 13.0. The largest absolute Gasteiger partial charge is 0.471 e. The van der Waals surface area contributed by atoms with E-state index in [1.807, 2.05) is 11.4 Å². The van der Waals surface area contributed by atoms with Gasteiger partial charge >= 0.3 is 12.1 Å². The molecule has 2 aromatic carbocycles. The summed E-state index contributed by atoms with van der Waals surface area (Å²) in [5.41, 5.74) is 5.52. The molecule has 2 unspecified atom stereocenters. The number of aliphatic hydroxyl groups excluding tert-OH is 1. The number of fused-ring (bicyclic) bond motifs is 6. The second kappa shape index (κ2) is 18.5. The number of amides is 3. The van der Waals surface area contributed by atoms with Crippen LogP contribution in [-0.4, -0.2) is 95.8 Å². The summed E-state index contributed by atoms with van der Waals surface area (Å²) in [6, 6.07) is 14.1. The van der Waals surface area contributed by atoms with Crippen molar-refractivity contribution in [1.82, 2.24) is 20.9 Å². The molecule has 8 rings (SSSR count). The lowest BCUT2D eigenvalue weighted by Gasteiger charge is -2.49. The number of halogens is 3. The molecule has 346 valence electrons. The molecule has 2 aliphatic heterocycles. The SMILES string of the molecule is CC1=C2C[C@H]3[C@@H](CC=C4C[C@@H](O)CC[C@@]43C)[C@@H]2CCC12O[C@@H]1C[C@H](C)CN(CCNC(=O)C(CCCCNC(=O)C(F)(F)F)NC(=O)c3ccc(C(=O)c4ccccc4)cc3)[C@H]1[C@H]2C. The first-order valence-corrected chi connectivity index (χ1v) is 23.6. The van der Waals surface area contributed by atoms with Crippen molar-refractivity contribution in [2.24, 2.45) is 35.0 Å². The highest BCUT2D eigenvalue weighted by Gasteiger charge is 2.61. The smallest absolute Gasteiger partial charge is 0.393 e. The molecule has 0 aromatic heterocycles. The van der Waals surface area contributed by atoms with Crippen molar-refractivity contribution in [3.8, 4) is 0 Å². The number of hydrogen-bond acceptors (Lipinski definition) is 7. The topological polar surface area (TPSA) is 137 Å². The van der Waals surface area contributed by atoms with Crippen molar-refractivity contribution in [2.75, 3.05) is 26.2 Å². The summed E-state index contributed by atoms with van der Waals surface area (Å²) >= 11 is 0. The van der Waals surface area contributed by atoms with Crippen LogP contribution in [-0.2, 0) is 14.3 Å². The predicted octanol–water partition coefficient (Wildman–Crippen LogP) is 7.71. The standard InChI is InChI=1S/C51H65F3N4O6/c1-30-26-43-44(32(3)50(64-43)22-20-38-39-18-17-36-27-37(59)19-21-49(36,4)41(39)28-40(38)31(50)2)58(29-30)25-24-55-47(62)42(12-8-9-23-56-48(63)51(52,53)54)57-46(61)35-15-13-34(14-16-35)45(60)33-10-6-5-7-11-33/h5-7,10-11,13-17,30,32,37-39,41-44,59H,8-9,12,18-29H2,1-4H3,(H,55,62)(H,56,63)(H,57,61)/t30-,32+,37-,38-,39-,41-,42?,43+,44-,49-,50?/m0/s1. The monoisotopic (exact) mass is 886 g/mol. The second-order valence-electron chi connectivity index (χ2n) is 20.0. The molecule has 0 bridgehead atoms. The molecule has 64 heavy (non-hydrogen) atoms. The van der Waals surface area contributed by atoms with Crippen LogP contribution in [0.15, 0.2) is 77.4 Å². The van der Waals surface area contributed by atoms with Gasteiger partial charge in [0.2, 0.25) is 5.91 Å². The number of carbonyl (C=O) groups is 4. The lowest BCUT2D eigenvalue weighted by molar-refractivity contribution is -0.173. The molecule has 1 spiro atoms. The van der Waals surface area contributed by atoms with Crippen molar-refractivity contribution >= 4 is 23.5 Å². The fourth-order valence-electron chi connectivity index (χ4n) is 13.0. The number of benzene rings is 2. The molecule has 4 aliphatic carbocycles. The molecule has 2 saturated carbocycles. The van der Waals surface area contributed by atoms with Crippen LogP contribution in [0.2, 0.25) is 0 Å². The molecule has 13 heteroatoms. The van der Waals surface area contributed by atoms with Gasteiger partial charge in [-0.15, -0.1) is 0 Å². The molecule has 2 heterocycles. The van der Waals surface area contributed by atoms with Crippen LogP contribution in [0, 0.1) is 35.0 Å². The van der Waals surface area contributed by atoms with Crippen LogP contribution in [0.5, 0.6) is 0 Å². The molecule has 2 saturated heterocycles. The van der Waals surface area contributed by atoms with Crippen molar-refractivity contribution in [3.63, 3.8) is 0 Å². The van der Waals surface area contributed by atoms with Crippen molar-refractivity contribution in [1.29, 1.82) is 0 Å². The van der Waals surface area contributed by atoms with Gasteiger partial charge < -0.3 is 25.8 Å². The third kappa shape index (κ3) is 8.97. The van der Waals surface area contributed by atoms with E-state index in [1.54, 1.807) is 42.0 Å². The van der Waals surface area contributed by atoms with Crippen LogP contribution < -0.4 is 16.0 Å². The third-order valence-corrected chi connectivity index (χ3v) is 16.3. The van der Waals surface area contributed by atoms with Crippen LogP contribution in [0.25, 0.3) is 0 Å². The number of ether oxygens (including phenoxy) is 1. The van der Waals surface area contributed by atoms with Crippen molar-refractivity contribution in [3.05, 3.63) is 94.1 Å². The van der Waals surface area contributed by atoms with Crippen LogP contribution in [0.1, 0.15) is 125 Å². The molecule has 11 atom stereocenters. The number of nitrogens with one attached hydrogen (secondary N) is 3. The maximum atomic E-state index is 13.9. The van der Waals surface area contributed by atoms with Crippen molar-refractivity contribution in [2.45, 2.75) is 134 Å². The van der Waals surface area contributed by atoms with E-state index in [9.17, 15) is 37.5 Å². The molecule has 4 fully saturated rings. The Hall–Kier alpha value is -4.33. The number of carbonyl (C=O) groups excluding carboxylic acids is 4. The van der Waals surface area contributed by atoms with E-state index in [0.29, 0.717) is 47.9 Å². The summed E-state index contributed by atoms with van der Waals surface area (Å²) in [5.74, 6) is -0.682. The van der Waals surface area contributed by atoms with Gasteiger partial charge in [0.05, 0.1) is 17.8 Å². The number of alkyl halides is 3. The summed E-state index contributed by atoms with van der Waals surface area (Å²) < 4.78 is 45.6. The predicted molar refractivity (Wildman–Crippen MR) is 237 cm³/mol. The minimum absolute atomic E-state index is 0.0649. The summed E-state index contributed by atoms with van der Waals surface area (Å²) in [6.07, 6.45) is 5.96. The number of likely N-dealkylation sites (tertiary alicyclic amines) is 1. The molecular weight excluding hydrogens is 822 g/mol. The first-order valence-electron chi connectivity index (χ1n) is 23.6. The number of nitrogens with zero attached hydrogens (tertiary/aromatic N) is 1. The van der Waals surface area contributed by atoms with E-state index in [1.165, 1.54) is 23.3 Å². The summed E-state index contributed by atoms with van der Waals surface area (Å²) in [4.78, 5) is 54.2. The van der Waals surface area contributed by atoms with Gasteiger partial charge in [0.25, 0.3) is 5.91 Å². The number of piperidine rings is 1. The van der Waals surface area contributed by atoms with E-state index >= 15 is 0 Å². The van der Waals surface area contributed by atoms with Gasteiger partial charge in [0.1, 0.15) is 6.04 Å². The van der Waals surface area contributed by atoms with E-state index < -0.39 is 29.9 Å². The van der Waals surface area contributed by atoms with Gasteiger partial charge in [-0.2, -0.15) is 13.2 Å². The number of rotatable bonds is 13. The van der Waals surface area contributed by atoms with Crippen LogP contribution in [0.3, 0.4) is 0 Å². The van der Waals surface area contributed by atoms with Gasteiger partial charge in [-0.1, -0.05) is 80.5 Å².